The Morgan fingerprint density at radius 2 is 1.70 bits per heavy atom. The predicted octanol–water partition coefficient (Wildman–Crippen LogP) is 2.95. The lowest BCUT2D eigenvalue weighted by molar-refractivity contribution is -0.210. The van der Waals surface area contributed by atoms with Gasteiger partial charge in [-0.3, -0.25) is 4.79 Å². The van der Waals surface area contributed by atoms with E-state index in [0.717, 1.165) is 39.0 Å². The second-order valence-electron chi connectivity index (χ2n) is 10.0. The van der Waals surface area contributed by atoms with E-state index in [2.05, 4.69) is 20.4 Å². The Morgan fingerprint density at radius 1 is 1.07 bits per heavy atom. The van der Waals surface area contributed by atoms with Crippen molar-refractivity contribution in [1.29, 1.82) is 0 Å². The fourth-order valence-corrected chi connectivity index (χ4v) is 7.20. The first kappa shape index (κ1) is 20.8. The van der Waals surface area contributed by atoms with Gasteiger partial charge in [0.25, 0.3) is 5.97 Å². The highest BCUT2D eigenvalue weighted by molar-refractivity contribution is 5.62. The summed E-state index contributed by atoms with van der Waals surface area (Å²) in [7, 11) is 0. The molecule has 0 aliphatic heterocycles. The largest absolute Gasteiger partial charge is 0.481 e. The molecule has 4 fully saturated rings. The molecule has 4 aliphatic carbocycles. The van der Waals surface area contributed by atoms with E-state index in [1.165, 1.54) is 18.4 Å². The average molecular weight is 380 g/mol. The Kier molecular flexibility index (Phi) is 5.52. The van der Waals surface area contributed by atoms with Crippen molar-refractivity contribution >= 4 is 5.97 Å². The van der Waals surface area contributed by atoms with E-state index in [9.17, 15) is 10.2 Å². The van der Waals surface area contributed by atoms with E-state index >= 15 is 0 Å². The molecule has 5 heteroatoms. The summed E-state index contributed by atoms with van der Waals surface area (Å²) in [5, 5.41) is 29.4. The number of carboxylic acids is 1. The molecular formula is C22H37NO4. The van der Waals surface area contributed by atoms with E-state index in [1.807, 2.05) is 0 Å². The highest BCUT2D eigenvalue weighted by Crippen LogP contribution is 2.66. The van der Waals surface area contributed by atoms with Crippen LogP contribution in [0.5, 0.6) is 0 Å². The summed E-state index contributed by atoms with van der Waals surface area (Å²) in [6.45, 7) is 10.2. The first-order valence-corrected chi connectivity index (χ1v) is 10.5. The Hall–Kier alpha value is -0.910. The minimum Gasteiger partial charge on any atom is -0.481 e. The molecule has 4 rings (SSSR count). The van der Waals surface area contributed by atoms with E-state index in [4.69, 9.17) is 15.6 Å². The van der Waals surface area contributed by atoms with Gasteiger partial charge in [-0.15, -0.1) is 0 Å². The van der Waals surface area contributed by atoms with Crippen LogP contribution in [0.2, 0.25) is 0 Å². The van der Waals surface area contributed by atoms with Gasteiger partial charge in [-0.2, -0.15) is 0 Å². The van der Waals surface area contributed by atoms with Gasteiger partial charge < -0.3 is 21.1 Å². The van der Waals surface area contributed by atoms with Gasteiger partial charge in [-0.1, -0.05) is 26.0 Å². The lowest BCUT2D eigenvalue weighted by Crippen LogP contribution is -2.64. The summed E-state index contributed by atoms with van der Waals surface area (Å²) < 4.78 is 0. The lowest BCUT2D eigenvalue weighted by atomic mass is 9.43. The Labute approximate surface area is 163 Å². The smallest absolute Gasteiger partial charge is 0.300 e. The predicted molar refractivity (Wildman–Crippen MR) is 105 cm³/mol. The lowest BCUT2D eigenvalue weighted by Gasteiger charge is -2.63. The molecule has 0 radical (unpaired) electrons. The maximum Gasteiger partial charge on any atom is 0.300 e. The van der Waals surface area contributed by atoms with Crippen molar-refractivity contribution in [3.05, 3.63) is 12.2 Å². The second kappa shape index (κ2) is 7.16. The molecule has 0 bridgehead atoms. The van der Waals surface area contributed by atoms with E-state index < -0.39 is 18.2 Å². The number of nitrogens with two attached hydrogens (primary N) is 1. The fraction of sp³-hybridized carbons (Fsp3) is 0.864. The van der Waals surface area contributed by atoms with Crippen molar-refractivity contribution in [2.75, 3.05) is 0 Å². The van der Waals surface area contributed by atoms with Crippen molar-refractivity contribution in [2.45, 2.75) is 84.0 Å². The molecule has 0 aromatic rings. The SMILES string of the molecule is C=C1CC[C@H]2[C@@H]3[C@@H](O)[C@H](O)[C@H]4C[C@@H](N)CC[C@]4(C)[C@H]3CC[C@]12C.CC(=O)O. The maximum atomic E-state index is 11.0. The number of hydrogen-bond acceptors (Lipinski definition) is 4. The summed E-state index contributed by atoms with van der Waals surface area (Å²) >= 11 is 0. The molecule has 0 amide bonds. The molecule has 0 aromatic carbocycles. The van der Waals surface area contributed by atoms with Crippen molar-refractivity contribution in [1.82, 2.24) is 0 Å². The van der Waals surface area contributed by atoms with E-state index in [1.54, 1.807) is 0 Å². The van der Waals surface area contributed by atoms with Crippen LogP contribution in [0.15, 0.2) is 12.2 Å². The third-order valence-corrected chi connectivity index (χ3v) is 8.75. The van der Waals surface area contributed by atoms with E-state index in [0.29, 0.717) is 11.8 Å². The van der Waals surface area contributed by atoms with Crippen molar-refractivity contribution < 1.29 is 20.1 Å². The second-order valence-corrected chi connectivity index (χ2v) is 10.0. The standard InChI is InChI=1S/C20H33NO2.C2H4O2/c1-11-4-5-13-16-14(7-9-19(11,13)2)20(3)8-6-12(21)10-15(20)17(22)18(16)23;1-2(3)4/h12-18,22-23H,1,4-10,21H2,2-3H3;1H3,(H,3,4)/t12-,13-,14-,15+,16-,17+,18+,19+,20+;/m0./s1. The van der Waals surface area contributed by atoms with Crippen LogP contribution >= 0.6 is 0 Å². The summed E-state index contributed by atoms with van der Waals surface area (Å²) in [5.74, 6) is 0.587. The van der Waals surface area contributed by atoms with Crippen LogP contribution in [-0.4, -0.2) is 39.5 Å². The Bertz CT molecular complexity index is 603. The third-order valence-electron chi connectivity index (χ3n) is 8.75. The molecule has 0 aromatic heterocycles. The molecule has 5 N–H and O–H groups in total. The number of carboxylic acid groups (broad SMARTS) is 1. The summed E-state index contributed by atoms with van der Waals surface area (Å²) in [5.41, 5.74) is 7.89. The van der Waals surface area contributed by atoms with Crippen LogP contribution in [0, 0.1) is 34.5 Å². The number of rotatable bonds is 0. The van der Waals surface area contributed by atoms with Gasteiger partial charge >= 0.3 is 0 Å². The van der Waals surface area contributed by atoms with Crippen LogP contribution in [0.3, 0.4) is 0 Å². The van der Waals surface area contributed by atoms with Gasteiger partial charge in [-0.25, -0.2) is 0 Å². The minimum absolute atomic E-state index is 0.143. The Balaban J connectivity index is 0.000000481. The number of allylic oxidation sites excluding steroid dienone is 1. The highest BCUT2D eigenvalue weighted by atomic mass is 16.4. The van der Waals surface area contributed by atoms with Crippen LogP contribution in [-0.2, 0) is 4.79 Å². The summed E-state index contributed by atoms with van der Waals surface area (Å²) in [6, 6.07) is 0.187. The molecule has 9 atom stereocenters. The number of fused-ring (bicyclic) bond motifs is 5. The number of aliphatic hydroxyl groups is 2. The third kappa shape index (κ3) is 3.26. The molecule has 0 heterocycles. The first-order chi connectivity index (χ1) is 12.5. The average Bonchev–Trinajstić information content (AvgIpc) is 2.89. The molecule has 154 valence electrons. The van der Waals surface area contributed by atoms with Crippen LogP contribution in [0.4, 0.5) is 0 Å². The Morgan fingerprint density at radius 3 is 2.33 bits per heavy atom. The van der Waals surface area contributed by atoms with Crippen molar-refractivity contribution in [3.8, 4) is 0 Å². The molecule has 0 unspecified atom stereocenters. The highest BCUT2D eigenvalue weighted by Gasteiger charge is 2.63. The van der Waals surface area contributed by atoms with Crippen molar-refractivity contribution in [2.24, 2.45) is 40.2 Å². The molecule has 4 aliphatic rings. The molecule has 5 nitrogen and oxygen atoms in total. The first-order valence-electron chi connectivity index (χ1n) is 10.5. The van der Waals surface area contributed by atoms with Gasteiger partial charge in [0.15, 0.2) is 0 Å². The summed E-state index contributed by atoms with van der Waals surface area (Å²) in [6.07, 6.45) is 6.45. The van der Waals surface area contributed by atoms with Gasteiger partial charge in [-0.05, 0) is 79.4 Å². The molecule has 4 saturated carbocycles. The van der Waals surface area contributed by atoms with Crippen LogP contribution < -0.4 is 5.73 Å². The van der Waals surface area contributed by atoms with Crippen LogP contribution in [0.1, 0.15) is 65.7 Å². The zero-order chi connectivity index (χ0) is 20.1. The summed E-state index contributed by atoms with van der Waals surface area (Å²) in [4.78, 5) is 9.00. The topological polar surface area (TPSA) is 104 Å². The zero-order valence-electron chi connectivity index (χ0n) is 17.0. The fourth-order valence-electron chi connectivity index (χ4n) is 7.20. The van der Waals surface area contributed by atoms with Gasteiger partial charge in [0.1, 0.15) is 0 Å². The quantitative estimate of drug-likeness (QED) is 0.485. The molecule has 0 spiro atoms. The number of aliphatic carboxylic acids is 1. The van der Waals surface area contributed by atoms with Crippen LogP contribution in [0.25, 0.3) is 0 Å². The van der Waals surface area contributed by atoms with Gasteiger partial charge in [0.05, 0.1) is 12.2 Å². The number of carbonyl (C=O) groups is 1. The monoisotopic (exact) mass is 379 g/mol. The minimum atomic E-state index is -0.833. The molecular weight excluding hydrogens is 342 g/mol. The molecule has 27 heavy (non-hydrogen) atoms. The van der Waals surface area contributed by atoms with Gasteiger partial charge in [0, 0.05) is 13.0 Å². The van der Waals surface area contributed by atoms with E-state index in [-0.39, 0.29) is 28.7 Å². The maximum absolute atomic E-state index is 11.0. The number of hydrogen-bond donors (Lipinski definition) is 4. The number of aliphatic hydroxyl groups excluding tert-OH is 2. The van der Waals surface area contributed by atoms with Gasteiger partial charge in [0.2, 0.25) is 0 Å². The normalized spacial score (nSPS) is 51.3. The molecule has 0 saturated heterocycles. The zero-order valence-corrected chi connectivity index (χ0v) is 17.0. The van der Waals surface area contributed by atoms with Crippen molar-refractivity contribution in [3.63, 3.8) is 0 Å².